The number of fused-ring (bicyclic) bond motifs is 1. The molecule has 2 heterocycles. The quantitative estimate of drug-likeness (QED) is 0.843. The Hall–Kier alpha value is -2.96. The Morgan fingerprint density at radius 3 is 2.83 bits per heavy atom. The molecule has 7 nitrogen and oxygen atoms in total. The predicted molar refractivity (Wildman–Crippen MR) is 84.7 cm³/mol. The van der Waals surface area contributed by atoms with Gasteiger partial charge in [0.25, 0.3) is 5.91 Å². The van der Waals surface area contributed by atoms with Crippen molar-refractivity contribution in [3.8, 4) is 11.5 Å². The van der Waals surface area contributed by atoms with E-state index in [1.54, 1.807) is 36.0 Å². The fourth-order valence-electron chi connectivity index (χ4n) is 2.33. The van der Waals surface area contributed by atoms with Crippen LogP contribution in [0.5, 0.6) is 11.5 Å². The molecule has 0 saturated carbocycles. The molecule has 1 aliphatic rings. The second kappa shape index (κ2) is 6.66. The second-order valence-corrected chi connectivity index (χ2v) is 5.46. The van der Waals surface area contributed by atoms with Gasteiger partial charge >= 0.3 is 5.97 Å². The van der Waals surface area contributed by atoms with Crippen molar-refractivity contribution in [2.24, 2.45) is 7.05 Å². The molecule has 7 heteroatoms. The van der Waals surface area contributed by atoms with E-state index < -0.39 is 12.1 Å². The summed E-state index contributed by atoms with van der Waals surface area (Å²) in [6.45, 7) is 2.05. The molecule has 24 heavy (non-hydrogen) atoms. The van der Waals surface area contributed by atoms with Crippen LogP contribution in [-0.2, 0) is 23.1 Å². The van der Waals surface area contributed by atoms with Crippen molar-refractivity contribution in [3.05, 3.63) is 47.8 Å². The smallest absolute Gasteiger partial charge is 0.355 e. The summed E-state index contributed by atoms with van der Waals surface area (Å²) in [5, 5.41) is 2.74. The van der Waals surface area contributed by atoms with Gasteiger partial charge < -0.3 is 24.1 Å². The highest BCUT2D eigenvalue weighted by Crippen LogP contribution is 2.32. The van der Waals surface area contributed by atoms with Crippen molar-refractivity contribution in [2.45, 2.75) is 19.6 Å². The van der Waals surface area contributed by atoms with Gasteiger partial charge in [-0.3, -0.25) is 4.79 Å². The Morgan fingerprint density at radius 1 is 1.29 bits per heavy atom. The summed E-state index contributed by atoms with van der Waals surface area (Å²) in [4.78, 5) is 24.1. The number of carbonyl (C=O) groups excluding carboxylic acids is 2. The molecule has 0 radical (unpaired) electrons. The zero-order valence-electron chi connectivity index (χ0n) is 13.4. The average molecular weight is 330 g/mol. The van der Waals surface area contributed by atoms with Gasteiger partial charge in [-0.05, 0) is 36.8 Å². The molecule has 1 N–H and O–H groups in total. The summed E-state index contributed by atoms with van der Waals surface area (Å²) in [6, 6.07) is 8.82. The number of nitrogens with zero attached hydrogens (tertiary/aromatic N) is 1. The number of rotatable bonds is 5. The summed E-state index contributed by atoms with van der Waals surface area (Å²) in [5.41, 5.74) is 1.26. The summed E-state index contributed by atoms with van der Waals surface area (Å²) in [6.07, 6.45) is 0.849. The van der Waals surface area contributed by atoms with E-state index in [0.29, 0.717) is 23.7 Å². The Morgan fingerprint density at radius 2 is 2.08 bits per heavy atom. The van der Waals surface area contributed by atoms with Crippen molar-refractivity contribution in [3.63, 3.8) is 0 Å². The second-order valence-electron chi connectivity index (χ2n) is 5.46. The van der Waals surface area contributed by atoms with Crippen molar-refractivity contribution in [1.82, 2.24) is 9.88 Å². The van der Waals surface area contributed by atoms with E-state index in [1.165, 1.54) is 6.92 Å². The lowest BCUT2D eigenvalue weighted by Crippen LogP contribution is -2.35. The number of esters is 1. The highest BCUT2D eigenvalue weighted by Gasteiger charge is 2.20. The molecule has 1 atom stereocenters. The Labute approximate surface area is 139 Å². The van der Waals surface area contributed by atoms with Crippen LogP contribution in [0.3, 0.4) is 0 Å². The Balaban J connectivity index is 1.53. The van der Waals surface area contributed by atoms with Crippen LogP contribution >= 0.6 is 0 Å². The molecule has 1 amide bonds. The van der Waals surface area contributed by atoms with Crippen molar-refractivity contribution in [2.75, 3.05) is 6.79 Å². The molecule has 1 aromatic carbocycles. The van der Waals surface area contributed by atoms with Gasteiger partial charge in [0.1, 0.15) is 5.69 Å². The van der Waals surface area contributed by atoms with Gasteiger partial charge in [0.05, 0.1) is 0 Å². The van der Waals surface area contributed by atoms with Crippen LogP contribution in [0.15, 0.2) is 36.5 Å². The van der Waals surface area contributed by atoms with Gasteiger partial charge in [0.2, 0.25) is 6.79 Å². The molecule has 126 valence electrons. The molecule has 1 aliphatic heterocycles. The first kappa shape index (κ1) is 15.9. The minimum absolute atomic E-state index is 0.206. The predicted octanol–water partition coefficient (Wildman–Crippen LogP) is 1.62. The van der Waals surface area contributed by atoms with Crippen molar-refractivity contribution in [1.29, 1.82) is 0 Å². The third-order valence-electron chi connectivity index (χ3n) is 3.71. The zero-order chi connectivity index (χ0) is 17.1. The Kier molecular flexibility index (Phi) is 4.41. The maximum absolute atomic E-state index is 12.1. The molecule has 3 rings (SSSR count). The standard InChI is InChI=1S/C17H18N2O5/c1-11(24-17(21)13-4-3-7-19(13)2)16(20)18-9-12-5-6-14-15(8-12)23-10-22-14/h3-8,11H,9-10H2,1-2H3,(H,18,20)/t11-/m0/s1. The molecule has 0 bridgehead atoms. The fourth-order valence-corrected chi connectivity index (χ4v) is 2.33. The normalized spacial score (nSPS) is 13.4. The number of carbonyl (C=O) groups is 2. The lowest BCUT2D eigenvalue weighted by Gasteiger charge is -2.14. The number of hydrogen-bond acceptors (Lipinski definition) is 5. The first-order chi connectivity index (χ1) is 11.5. The number of ether oxygens (including phenoxy) is 3. The van der Waals surface area contributed by atoms with Crippen LogP contribution in [0.4, 0.5) is 0 Å². The molecule has 1 aromatic heterocycles. The maximum Gasteiger partial charge on any atom is 0.355 e. The molecule has 0 aliphatic carbocycles. The summed E-state index contributed by atoms with van der Waals surface area (Å²) < 4.78 is 17.4. The number of nitrogens with one attached hydrogen (secondary N) is 1. The van der Waals surface area contributed by atoms with E-state index in [-0.39, 0.29) is 12.7 Å². The third-order valence-corrected chi connectivity index (χ3v) is 3.71. The van der Waals surface area contributed by atoms with Gasteiger partial charge in [-0.25, -0.2) is 4.79 Å². The number of aromatic nitrogens is 1. The van der Waals surface area contributed by atoms with Gasteiger partial charge in [-0.1, -0.05) is 6.07 Å². The summed E-state index contributed by atoms with van der Waals surface area (Å²) in [5.74, 6) is 0.448. The van der Waals surface area contributed by atoms with Crippen LogP contribution in [0.2, 0.25) is 0 Å². The molecule has 0 unspecified atom stereocenters. The van der Waals surface area contributed by atoms with Crippen LogP contribution in [-0.4, -0.2) is 29.3 Å². The third kappa shape index (κ3) is 3.34. The first-order valence-corrected chi connectivity index (χ1v) is 7.53. The van der Waals surface area contributed by atoms with E-state index in [9.17, 15) is 9.59 Å². The Bertz CT molecular complexity index is 768. The van der Waals surface area contributed by atoms with E-state index in [0.717, 1.165) is 5.56 Å². The highest BCUT2D eigenvalue weighted by atomic mass is 16.7. The number of amides is 1. The van der Waals surface area contributed by atoms with Crippen molar-refractivity contribution < 1.29 is 23.8 Å². The fraction of sp³-hybridized carbons (Fsp3) is 0.294. The topological polar surface area (TPSA) is 78.8 Å². The lowest BCUT2D eigenvalue weighted by molar-refractivity contribution is -0.129. The SMILES string of the molecule is C[C@H](OC(=O)c1cccn1C)C(=O)NCc1ccc2c(c1)OCO2. The van der Waals surface area contributed by atoms with E-state index in [1.807, 2.05) is 12.1 Å². The molecule has 2 aromatic rings. The lowest BCUT2D eigenvalue weighted by atomic mass is 10.2. The summed E-state index contributed by atoms with van der Waals surface area (Å²) in [7, 11) is 1.74. The molecule has 0 saturated heterocycles. The van der Waals surface area contributed by atoms with Crippen LogP contribution in [0.1, 0.15) is 23.0 Å². The minimum Gasteiger partial charge on any atom is -0.454 e. The zero-order valence-corrected chi connectivity index (χ0v) is 13.4. The van der Waals surface area contributed by atoms with Crippen LogP contribution in [0, 0.1) is 0 Å². The van der Waals surface area contributed by atoms with Crippen LogP contribution in [0.25, 0.3) is 0 Å². The monoisotopic (exact) mass is 330 g/mol. The first-order valence-electron chi connectivity index (χ1n) is 7.53. The van der Waals surface area contributed by atoms with E-state index in [4.69, 9.17) is 14.2 Å². The van der Waals surface area contributed by atoms with Gasteiger partial charge in [0, 0.05) is 19.8 Å². The van der Waals surface area contributed by atoms with Crippen molar-refractivity contribution >= 4 is 11.9 Å². The maximum atomic E-state index is 12.1. The van der Waals surface area contributed by atoms with Gasteiger partial charge in [0.15, 0.2) is 17.6 Å². The highest BCUT2D eigenvalue weighted by molar-refractivity contribution is 5.90. The minimum atomic E-state index is -0.888. The van der Waals surface area contributed by atoms with Gasteiger partial charge in [-0.15, -0.1) is 0 Å². The molecular formula is C17H18N2O5. The van der Waals surface area contributed by atoms with E-state index in [2.05, 4.69) is 5.32 Å². The number of hydrogen-bond donors (Lipinski definition) is 1. The summed E-state index contributed by atoms with van der Waals surface area (Å²) >= 11 is 0. The molecular weight excluding hydrogens is 312 g/mol. The molecule has 0 spiro atoms. The average Bonchev–Trinajstić information content (AvgIpc) is 3.20. The van der Waals surface area contributed by atoms with Gasteiger partial charge in [-0.2, -0.15) is 0 Å². The molecule has 0 fully saturated rings. The van der Waals surface area contributed by atoms with Crippen LogP contribution < -0.4 is 14.8 Å². The number of aryl methyl sites for hydroxylation is 1. The largest absolute Gasteiger partial charge is 0.454 e. The van der Waals surface area contributed by atoms with E-state index >= 15 is 0 Å². The number of benzene rings is 1.